The van der Waals surface area contributed by atoms with Crippen molar-refractivity contribution in [2.24, 2.45) is 0 Å². The summed E-state index contributed by atoms with van der Waals surface area (Å²) in [6.45, 7) is 1.74. The average molecular weight is 240 g/mol. The Morgan fingerprint density at radius 1 is 1.53 bits per heavy atom. The number of hydrogen-bond donors (Lipinski definition) is 3. The zero-order valence-electron chi connectivity index (χ0n) is 9.75. The van der Waals surface area contributed by atoms with E-state index in [4.69, 9.17) is 5.73 Å². The molecule has 0 saturated heterocycles. The van der Waals surface area contributed by atoms with Crippen molar-refractivity contribution in [3.05, 3.63) is 23.5 Å². The second kappa shape index (κ2) is 5.60. The Morgan fingerprint density at radius 3 is 2.76 bits per heavy atom. The molecule has 17 heavy (non-hydrogen) atoms. The summed E-state index contributed by atoms with van der Waals surface area (Å²) in [5.74, 6) is -0.609. The number of nitrogen functional groups attached to an aromatic ring is 1. The quantitative estimate of drug-likeness (QED) is 0.636. The van der Waals surface area contributed by atoms with Crippen molar-refractivity contribution < 1.29 is 19.7 Å². The molecule has 0 amide bonds. The number of anilines is 1. The number of pyridine rings is 1. The maximum Gasteiger partial charge on any atom is 0.308 e. The van der Waals surface area contributed by atoms with Crippen LogP contribution in [0, 0.1) is 6.92 Å². The molecule has 4 N–H and O–H groups in total. The summed E-state index contributed by atoms with van der Waals surface area (Å²) in [5, 5.41) is 19.5. The first kappa shape index (κ1) is 13.4. The number of hydrogen-bond acceptors (Lipinski definition) is 6. The molecule has 1 aromatic heterocycles. The van der Waals surface area contributed by atoms with E-state index >= 15 is 0 Å². The molecule has 1 rings (SSSR count). The van der Waals surface area contributed by atoms with E-state index in [0.29, 0.717) is 5.69 Å². The largest absolute Gasteiger partial charge is 0.469 e. The minimum absolute atomic E-state index is 0.168. The second-order valence-corrected chi connectivity index (χ2v) is 3.72. The maximum atomic E-state index is 11.0. The SMILES string of the molecule is COC(=O)CC(O)C(O)c1nc(C)ccc1N. The van der Waals surface area contributed by atoms with Crippen LogP contribution in [0.25, 0.3) is 0 Å². The van der Waals surface area contributed by atoms with Gasteiger partial charge in [0.25, 0.3) is 0 Å². The molecule has 0 aliphatic heterocycles. The molecule has 0 radical (unpaired) electrons. The molecule has 0 fully saturated rings. The number of ether oxygens (including phenoxy) is 1. The molecule has 0 saturated carbocycles. The predicted octanol–water partition coefficient (Wildman–Crippen LogP) is -0.0704. The summed E-state index contributed by atoms with van der Waals surface area (Å²) in [6.07, 6.45) is -2.92. The van der Waals surface area contributed by atoms with Crippen LogP contribution in [0.1, 0.15) is 23.9 Å². The molecular weight excluding hydrogens is 224 g/mol. The zero-order valence-corrected chi connectivity index (χ0v) is 9.75. The van der Waals surface area contributed by atoms with Gasteiger partial charge in [-0.3, -0.25) is 9.78 Å². The van der Waals surface area contributed by atoms with Crippen LogP contribution < -0.4 is 5.73 Å². The highest BCUT2D eigenvalue weighted by molar-refractivity contribution is 5.69. The fourth-order valence-electron chi connectivity index (χ4n) is 1.37. The Morgan fingerprint density at radius 2 is 2.18 bits per heavy atom. The Labute approximate surface area is 99.0 Å². The highest BCUT2D eigenvalue weighted by atomic mass is 16.5. The monoisotopic (exact) mass is 240 g/mol. The van der Waals surface area contributed by atoms with Gasteiger partial charge in [-0.25, -0.2) is 0 Å². The van der Waals surface area contributed by atoms with Gasteiger partial charge in [-0.2, -0.15) is 0 Å². The minimum Gasteiger partial charge on any atom is -0.469 e. The maximum absolute atomic E-state index is 11.0. The van der Waals surface area contributed by atoms with Crippen LogP contribution in [-0.2, 0) is 9.53 Å². The number of aliphatic hydroxyl groups excluding tert-OH is 2. The zero-order chi connectivity index (χ0) is 13.0. The van der Waals surface area contributed by atoms with Crippen molar-refractivity contribution in [1.29, 1.82) is 0 Å². The normalized spacial score (nSPS) is 14.1. The van der Waals surface area contributed by atoms with Crippen molar-refractivity contribution in [3.63, 3.8) is 0 Å². The lowest BCUT2D eigenvalue weighted by atomic mass is 10.1. The number of carbonyl (C=O) groups is 1. The number of esters is 1. The van der Waals surface area contributed by atoms with Crippen molar-refractivity contribution in [2.45, 2.75) is 25.6 Å². The summed E-state index contributed by atoms with van der Waals surface area (Å²) in [5.41, 5.74) is 6.75. The predicted molar refractivity (Wildman–Crippen MR) is 61.0 cm³/mol. The van der Waals surface area contributed by atoms with Crippen molar-refractivity contribution in [3.8, 4) is 0 Å². The van der Waals surface area contributed by atoms with Crippen LogP contribution in [0.5, 0.6) is 0 Å². The molecule has 2 atom stereocenters. The van der Waals surface area contributed by atoms with Gasteiger partial charge in [0, 0.05) is 5.69 Å². The highest BCUT2D eigenvalue weighted by Crippen LogP contribution is 2.23. The van der Waals surface area contributed by atoms with Gasteiger partial charge in [0.15, 0.2) is 0 Å². The van der Waals surface area contributed by atoms with Crippen LogP contribution in [-0.4, -0.2) is 34.4 Å². The van der Waals surface area contributed by atoms with Gasteiger partial charge in [0.05, 0.1) is 31.0 Å². The Kier molecular flexibility index (Phi) is 4.42. The Hall–Kier alpha value is -1.66. The van der Waals surface area contributed by atoms with Gasteiger partial charge < -0.3 is 20.7 Å². The molecule has 0 bridgehead atoms. The lowest BCUT2D eigenvalue weighted by molar-refractivity contribution is -0.144. The molecule has 0 spiro atoms. The number of nitrogens with two attached hydrogens (primary N) is 1. The topological polar surface area (TPSA) is 106 Å². The molecule has 0 aliphatic carbocycles. The number of nitrogens with zero attached hydrogens (tertiary/aromatic N) is 1. The molecule has 0 aromatic carbocycles. The Balaban J connectivity index is 2.84. The number of aryl methyl sites for hydroxylation is 1. The molecule has 94 valence electrons. The van der Waals surface area contributed by atoms with E-state index < -0.39 is 18.2 Å². The highest BCUT2D eigenvalue weighted by Gasteiger charge is 2.24. The summed E-state index contributed by atoms with van der Waals surface area (Å²) < 4.78 is 4.40. The van der Waals surface area contributed by atoms with E-state index in [1.807, 2.05) is 0 Å². The average Bonchev–Trinajstić information content (AvgIpc) is 2.31. The first-order chi connectivity index (χ1) is 7.95. The number of carbonyl (C=O) groups excluding carboxylic acids is 1. The number of aromatic nitrogens is 1. The molecule has 1 heterocycles. The summed E-state index contributed by atoms with van der Waals surface area (Å²) in [4.78, 5) is 15.0. The number of methoxy groups -OCH3 is 1. The summed E-state index contributed by atoms with van der Waals surface area (Å²) in [6, 6.07) is 3.28. The smallest absolute Gasteiger partial charge is 0.308 e. The van der Waals surface area contributed by atoms with E-state index in [-0.39, 0.29) is 17.8 Å². The van der Waals surface area contributed by atoms with Crippen LogP contribution in [0.15, 0.2) is 12.1 Å². The summed E-state index contributed by atoms with van der Waals surface area (Å²) >= 11 is 0. The molecular formula is C11H16N2O4. The standard InChI is InChI=1S/C11H16N2O4/c1-6-3-4-7(12)10(13-6)11(16)8(14)5-9(15)17-2/h3-4,8,11,14,16H,5,12H2,1-2H3. The van der Waals surface area contributed by atoms with Gasteiger partial charge in [-0.15, -0.1) is 0 Å². The lowest BCUT2D eigenvalue weighted by Gasteiger charge is -2.18. The van der Waals surface area contributed by atoms with Crippen LogP contribution >= 0.6 is 0 Å². The molecule has 6 heteroatoms. The van der Waals surface area contributed by atoms with E-state index in [9.17, 15) is 15.0 Å². The fraction of sp³-hybridized carbons (Fsp3) is 0.455. The van der Waals surface area contributed by atoms with Gasteiger partial charge in [0.2, 0.25) is 0 Å². The molecule has 6 nitrogen and oxygen atoms in total. The third-order valence-corrected chi connectivity index (χ3v) is 2.34. The van der Waals surface area contributed by atoms with Gasteiger partial charge >= 0.3 is 5.97 Å². The number of aliphatic hydroxyl groups is 2. The summed E-state index contributed by atoms with van der Waals surface area (Å²) in [7, 11) is 1.21. The molecule has 0 aliphatic rings. The van der Waals surface area contributed by atoms with Gasteiger partial charge in [0.1, 0.15) is 6.10 Å². The minimum atomic E-state index is -1.31. The second-order valence-electron chi connectivity index (χ2n) is 3.72. The molecule has 2 unspecified atom stereocenters. The van der Waals surface area contributed by atoms with Gasteiger partial charge in [-0.05, 0) is 19.1 Å². The lowest BCUT2D eigenvalue weighted by Crippen LogP contribution is -2.24. The van der Waals surface area contributed by atoms with E-state index in [0.717, 1.165) is 0 Å². The van der Waals surface area contributed by atoms with Crippen molar-refractivity contribution in [1.82, 2.24) is 4.98 Å². The third-order valence-electron chi connectivity index (χ3n) is 2.34. The first-order valence-electron chi connectivity index (χ1n) is 5.11. The molecule has 1 aromatic rings. The van der Waals surface area contributed by atoms with Crippen LogP contribution in [0.3, 0.4) is 0 Å². The Bertz CT molecular complexity index is 408. The van der Waals surface area contributed by atoms with Crippen LogP contribution in [0.2, 0.25) is 0 Å². The third kappa shape index (κ3) is 3.40. The van der Waals surface area contributed by atoms with E-state index in [1.165, 1.54) is 7.11 Å². The van der Waals surface area contributed by atoms with E-state index in [2.05, 4.69) is 9.72 Å². The van der Waals surface area contributed by atoms with Crippen molar-refractivity contribution >= 4 is 11.7 Å². The number of rotatable bonds is 4. The van der Waals surface area contributed by atoms with E-state index in [1.54, 1.807) is 19.1 Å². The van der Waals surface area contributed by atoms with Gasteiger partial charge in [-0.1, -0.05) is 0 Å². The van der Waals surface area contributed by atoms with Crippen molar-refractivity contribution in [2.75, 3.05) is 12.8 Å². The fourth-order valence-corrected chi connectivity index (χ4v) is 1.37. The van der Waals surface area contributed by atoms with Crippen LogP contribution in [0.4, 0.5) is 5.69 Å². The first-order valence-corrected chi connectivity index (χ1v) is 5.11.